The van der Waals surface area contributed by atoms with Gasteiger partial charge in [0.25, 0.3) is 5.91 Å². The van der Waals surface area contributed by atoms with Gasteiger partial charge in [-0.05, 0) is 65.4 Å². The van der Waals surface area contributed by atoms with Crippen LogP contribution in [0, 0.1) is 15.2 Å². The Bertz CT molecular complexity index is 660. The summed E-state index contributed by atoms with van der Waals surface area (Å²) in [6, 6.07) is 10.2. The molecule has 0 spiro atoms. The van der Waals surface area contributed by atoms with Crippen molar-refractivity contribution in [2.45, 2.75) is 13.5 Å². The topological polar surface area (TPSA) is 20.3 Å². The Morgan fingerprint density at radius 2 is 1.86 bits per heavy atom. The first-order valence-corrected chi connectivity index (χ1v) is 7.58. The number of carbonyl (C=O) groups excluding carboxylic acids is 1. The Balaban J connectivity index is 2.22. The Kier molecular flexibility index (Phi) is 5.27. The number of rotatable bonds is 4. The van der Waals surface area contributed by atoms with Crippen LogP contribution in [0.5, 0.6) is 0 Å². The van der Waals surface area contributed by atoms with Gasteiger partial charge in [0.15, 0.2) is 0 Å². The van der Waals surface area contributed by atoms with Gasteiger partial charge in [0, 0.05) is 16.7 Å². The van der Waals surface area contributed by atoms with E-state index in [0.29, 0.717) is 22.2 Å². The molecule has 0 unspecified atom stereocenters. The standard InChI is InChI=1S/C16H14F2INO/c1-2-20(10-11-4-3-5-12(17)8-11)16(21)14-7-6-13(18)9-15(14)19/h3-9H,2,10H2,1H3. The third-order valence-electron chi connectivity index (χ3n) is 3.09. The van der Waals surface area contributed by atoms with E-state index < -0.39 is 0 Å². The molecule has 0 aliphatic carbocycles. The second-order valence-electron chi connectivity index (χ2n) is 4.57. The number of hydrogen-bond donors (Lipinski definition) is 0. The minimum atomic E-state index is -0.371. The Morgan fingerprint density at radius 3 is 2.48 bits per heavy atom. The first-order valence-electron chi connectivity index (χ1n) is 6.50. The molecule has 0 saturated carbocycles. The smallest absolute Gasteiger partial charge is 0.255 e. The average Bonchev–Trinajstić information content (AvgIpc) is 2.44. The Hall–Kier alpha value is -1.50. The van der Waals surface area contributed by atoms with Gasteiger partial charge in [0.1, 0.15) is 11.6 Å². The average molecular weight is 401 g/mol. The third-order valence-corrected chi connectivity index (χ3v) is 3.99. The van der Waals surface area contributed by atoms with Crippen LogP contribution in [0.25, 0.3) is 0 Å². The summed E-state index contributed by atoms with van der Waals surface area (Å²) in [6.45, 7) is 2.66. The van der Waals surface area contributed by atoms with Crippen LogP contribution < -0.4 is 0 Å². The van der Waals surface area contributed by atoms with Gasteiger partial charge in [-0.25, -0.2) is 8.78 Å². The van der Waals surface area contributed by atoms with E-state index in [9.17, 15) is 13.6 Å². The van der Waals surface area contributed by atoms with Crippen molar-refractivity contribution in [1.82, 2.24) is 4.90 Å². The van der Waals surface area contributed by atoms with E-state index in [4.69, 9.17) is 0 Å². The molecule has 0 saturated heterocycles. The summed E-state index contributed by atoms with van der Waals surface area (Å²) in [7, 11) is 0. The predicted octanol–water partition coefficient (Wildman–Crippen LogP) is 4.23. The summed E-state index contributed by atoms with van der Waals surface area (Å²) >= 11 is 1.94. The Morgan fingerprint density at radius 1 is 1.14 bits per heavy atom. The lowest BCUT2D eigenvalue weighted by atomic mass is 10.1. The van der Waals surface area contributed by atoms with E-state index in [2.05, 4.69) is 0 Å². The van der Waals surface area contributed by atoms with Crippen LogP contribution in [0.15, 0.2) is 42.5 Å². The summed E-state index contributed by atoms with van der Waals surface area (Å²) in [6.07, 6.45) is 0. The number of benzene rings is 2. The van der Waals surface area contributed by atoms with E-state index in [0.717, 1.165) is 5.56 Å². The quantitative estimate of drug-likeness (QED) is 0.703. The second kappa shape index (κ2) is 6.98. The fourth-order valence-electron chi connectivity index (χ4n) is 2.02. The van der Waals surface area contributed by atoms with Crippen LogP contribution in [0.4, 0.5) is 8.78 Å². The molecule has 0 radical (unpaired) electrons. The predicted molar refractivity (Wildman–Crippen MR) is 85.9 cm³/mol. The van der Waals surface area contributed by atoms with Crippen molar-refractivity contribution in [3.8, 4) is 0 Å². The van der Waals surface area contributed by atoms with Crippen LogP contribution in [0.2, 0.25) is 0 Å². The molecule has 0 aliphatic rings. The summed E-state index contributed by atoms with van der Waals surface area (Å²) < 4.78 is 26.9. The molecule has 2 rings (SSSR count). The van der Waals surface area contributed by atoms with Crippen molar-refractivity contribution in [3.05, 3.63) is 68.8 Å². The molecule has 0 aliphatic heterocycles. The summed E-state index contributed by atoms with van der Waals surface area (Å²) in [4.78, 5) is 14.1. The zero-order valence-electron chi connectivity index (χ0n) is 11.4. The molecule has 0 heterocycles. The molecule has 0 bridgehead atoms. The van der Waals surface area contributed by atoms with Crippen molar-refractivity contribution >= 4 is 28.5 Å². The van der Waals surface area contributed by atoms with Gasteiger partial charge in [0.05, 0.1) is 5.56 Å². The monoisotopic (exact) mass is 401 g/mol. The largest absolute Gasteiger partial charge is 0.335 e. The van der Waals surface area contributed by atoms with Crippen molar-refractivity contribution in [1.29, 1.82) is 0 Å². The normalized spacial score (nSPS) is 10.5. The zero-order valence-corrected chi connectivity index (χ0v) is 13.6. The highest BCUT2D eigenvalue weighted by Gasteiger charge is 2.17. The van der Waals surface area contributed by atoms with Crippen molar-refractivity contribution in [2.24, 2.45) is 0 Å². The molecule has 0 atom stereocenters. The van der Waals surface area contributed by atoms with E-state index in [1.165, 1.54) is 30.3 Å². The van der Waals surface area contributed by atoms with Crippen molar-refractivity contribution in [3.63, 3.8) is 0 Å². The number of halogens is 3. The molecule has 5 heteroatoms. The Labute approximate surface area is 135 Å². The number of carbonyl (C=O) groups is 1. The molecule has 2 aromatic carbocycles. The fraction of sp³-hybridized carbons (Fsp3) is 0.188. The number of hydrogen-bond acceptors (Lipinski definition) is 1. The van der Waals surface area contributed by atoms with Gasteiger partial charge in [-0.3, -0.25) is 4.79 Å². The highest BCUT2D eigenvalue weighted by molar-refractivity contribution is 14.1. The number of nitrogens with zero attached hydrogens (tertiary/aromatic N) is 1. The highest BCUT2D eigenvalue weighted by atomic mass is 127. The van der Waals surface area contributed by atoms with E-state index >= 15 is 0 Å². The summed E-state index contributed by atoms with van der Waals surface area (Å²) in [5, 5.41) is 0. The minimum absolute atomic E-state index is 0.189. The van der Waals surface area contributed by atoms with Gasteiger partial charge in [-0.1, -0.05) is 12.1 Å². The summed E-state index contributed by atoms with van der Waals surface area (Å²) in [5.41, 5.74) is 1.18. The highest BCUT2D eigenvalue weighted by Crippen LogP contribution is 2.17. The molecule has 0 fully saturated rings. The molecular formula is C16H14F2INO. The van der Waals surface area contributed by atoms with Gasteiger partial charge in [0.2, 0.25) is 0 Å². The molecule has 110 valence electrons. The van der Waals surface area contributed by atoms with E-state index in [1.54, 1.807) is 17.0 Å². The van der Waals surface area contributed by atoms with Crippen LogP contribution >= 0.6 is 22.6 Å². The lowest BCUT2D eigenvalue weighted by Crippen LogP contribution is -2.31. The lowest BCUT2D eigenvalue weighted by Gasteiger charge is -2.21. The van der Waals surface area contributed by atoms with E-state index in [1.807, 2.05) is 29.5 Å². The van der Waals surface area contributed by atoms with Crippen LogP contribution in [0.3, 0.4) is 0 Å². The van der Waals surface area contributed by atoms with Gasteiger partial charge < -0.3 is 4.90 Å². The molecule has 0 N–H and O–H groups in total. The summed E-state index contributed by atoms with van der Waals surface area (Å²) in [5.74, 6) is -0.886. The lowest BCUT2D eigenvalue weighted by molar-refractivity contribution is 0.0751. The maximum atomic E-state index is 13.2. The van der Waals surface area contributed by atoms with E-state index in [-0.39, 0.29) is 17.5 Å². The first-order chi connectivity index (χ1) is 10.0. The first kappa shape index (κ1) is 15.9. The molecule has 2 nitrogen and oxygen atoms in total. The maximum absolute atomic E-state index is 13.2. The number of amides is 1. The second-order valence-corrected chi connectivity index (χ2v) is 5.74. The van der Waals surface area contributed by atoms with Crippen LogP contribution in [-0.4, -0.2) is 17.4 Å². The third kappa shape index (κ3) is 4.00. The fourth-order valence-corrected chi connectivity index (χ4v) is 2.72. The van der Waals surface area contributed by atoms with Gasteiger partial charge in [-0.15, -0.1) is 0 Å². The van der Waals surface area contributed by atoms with Crippen LogP contribution in [-0.2, 0) is 6.54 Å². The minimum Gasteiger partial charge on any atom is -0.335 e. The zero-order chi connectivity index (χ0) is 15.4. The maximum Gasteiger partial charge on any atom is 0.255 e. The molecule has 0 aromatic heterocycles. The SMILES string of the molecule is CCN(Cc1cccc(F)c1)C(=O)c1ccc(F)cc1I. The molecule has 21 heavy (non-hydrogen) atoms. The molecule has 2 aromatic rings. The van der Waals surface area contributed by atoms with Crippen molar-refractivity contribution in [2.75, 3.05) is 6.54 Å². The van der Waals surface area contributed by atoms with Crippen LogP contribution in [0.1, 0.15) is 22.8 Å². The van der Waals surface area contributed by atoms with Gasteiger partial charge >= 0.3 is 0 Å². The van der Waals surface area contributed by atoms with Crippen molar-refractivity contribution < 1.29 is 13.6 Å². The molecular weight excluding hydrogens is 387 g/mol. The van der Waals surface area contributed by atoms with Gasteiger partial charge in [-0.2, -0.15) is 0 Å². The molecule has 1 amide bonds.